The summed E-state index contributed by atoms with van der Waals surface area (Å²) >= 11 is 0. The van der Waals surface area contributed by atoms with Crippen molar-refractivity contribution in [3.63, 3.8) is 0 Å². The lowest BCUT2D eigenvalue weighted by molar-refractivity contribution is 0.143. The van der Waals surface area contributed by atoms with Crippen LogP contribution in [0.4, 0.5) is 8.78 Å². The molecule has 12 heavy (non-hydrogen) atoms. The van der Waals surface area contributed by atoms with Gasteiger partial charge in [0.25, 0.3) is 6.43 Å². The molecule has 0 rings (SSSR count). The van der Waals surface area contributed by atoms with Crippen LogP contribution in [-0.4, -0.2) is 25.1 Å². The summed E-state index contributed by atoms with van der Waals surface area (Å²) in [4.78, 5) is 0. The highest BCUT2D eigenvalue weighted by Gasteiger charge is 2.16. The van der Waals surface area contributed by atoms with Crippen molar-refractivity contribution in [1.82, 2.24) is 5.32 Å². The third-order valence-electron chi connectivity index (χ3n) is 1.65. The second kappa shape index (κ2) is 5.43. The van der Waals surface area contributed by atoms with Gasteiger partial charge >= 0.3 is 0 Å². The van der Waals surface area contributed by atoms with Crippen molar-refractivity contribution >= 4 is 0 Å². The molecule has 1 unspecified atom stereocenters. The molecule has 0 aliphatic rings. The van der Waals surface area contributed by atoms with Gasteiger partial charge in [0.2, 0.25) is 0 Å². The number of alkyl halides is 2. The van der Waals surface area contributed by atoms with Gasteiger partial charge in [0.1, 0.15) is 0 Å². The highest BCUT2D eigenvalue weighted by molar-refractivity contribution is 4.80. The fourth-order valence-corrected chi connectivity index (χ4v) is 1.13. The minimum absolute atomic E-state index is 0.267. The first-order valence-corrected chi connectivity index (χ1v) is 4.25. The van der Waals surface area contributed by atoms with E-state index in [-0.39, 0.29) is 12.1 Å². The van der Waals surface area contributed by atoms with Gasteiger partial charge in [-0.1, -0.05) is 13.3 Å². The van der Waals surface area contributed by atoms with E-state index in [1.165, 1.54) is 0 Å². The highest BCUT2D eigenvalue weighted by atomic mass is 19.3. The Morgan fingerprint density at radius 3 is 2.50 bits per heavy atom. The Bertz CT molecular complexity index is 116. The van der Waals surface area contributed by atoms with Crippen molar-refractivity contribution in [3.05, 3.63) is 0 Å². The Kier molecular flexibility index (Phi) is 5.33. The largest absolute Gasteiger partial charge is 0.324 e. The Labute approximate surface area is 72.5 Å². The monoisotopic (exact) mass is 180 g/mol. The number of nitrogens with two attached hydrogens (primary N) is 1. The number of halogens is 2. The molecule has 4 heteroatoms. The zero-order valence-corrected chi connectivity index (χ0v) is 7.74. The molecule has 0 saturated carbocycles. The zero-order valence-electron chi connectivity index (χ0n) is 7.74. The van der Waals surface area contributed by atoms with Crippen LogP contribution in [0.5, 0.6) is 0 Å². The van der Waals surface area contributed by atoms with Crippen LogP contribution < -0.4 is 11.1 Å². The van der Waals surface area contributed by atoms with Crippen LogP contribution in [-0.2, 0) is 0 Å². The van der Waals surface area contributed by atoms with Gasteiger partial charge < -0.3 is 11.1 Å². The van der Waals surface area contributed by atoms with Gasteiger partial charge in [-0.25, -0.2) is 8.78 Å². The lowest BCUT2D eigenvalue weighted by Gasteiger charge is -2.24. The molecule has 0 radical (unpaired) electrons. The van der Waals surface area contributed by atoms with E-state index >= 15 is 0 Å². The first-order chi connectivity index (χ1) is 5.48. The van der Waals surface area contributed by atoms with Crippen LogP contribution in [0.2, 0.25) is 0 Å². The predicted octanol–water partition coefficient (Wildman–Crippen LogP) is 1.36. The number of nitrogens with one attached hydrogen (secondary N) is 1. The third-order valence-corrected chi connectivity index (χ3v) is 1.65. The summed E-state index contributed by atoms with van der Waals surface area (Å²) in [5, 5.41) is 2.63. The molecule has 3 N–H and O–H groups in total. The molecule has 0 aliphatic carbocycles. The lowest BCUT2D eigenvalue weighted by Crippen LogP contribution is -2.46. The third kappa shape index (κ3) is 6.49. The fraction of sp³-hybridized carbons (Fsp3) is 1.00. The van der Waals surface area contributed by atoms with Crippen LogP contribution in [0.3, 0.4) is 0 Å². The van der Waals surface area contributed by atoms with Crippen LogP contribution in [0, 0.1) is 0 Å². The summed E-state index contributed by atoms with van der Waals surface area (Å²) in [6.07, 6.45) is -0.463. The topological polar surface area (TPSA) is 38.0 Å². The van der Waals surface area contributed by atoms with Gasteiger partial charge in [0.15, 0.2) is 0 Å². The number of hydrogen-bond donors (Lipinski definition) is 2. The lowest BCUT2D eigenvalue weighted by atomic mass is 9.98. The van der Waals surface area contributed by atoms with Crippen molar-refractivity contribution < 1.29 is 8.78 Å². The maximum atomic E-state index is 11.7. The maximum Gasteiger partial charge on any atom is 0.250 e. The molecule has 0 heterocycles. The fourth-order valence-electron chi connectivity index (χ4n) is 1.13. The Balaban J connectivity index is 3.46. The first kappa shape index (κ1) is 11.8. The standard InChI is InChI=1S/C8H18F2N2/c1-3-4-8(2,11)6-12-5-7(9)10/h7,12H,3-6,11H2,1-2H3. The smallest absolute Gasteiger partial charge is 0.250 e. The van der Waals surface area contributed by atoms with E-state index < -0.39 is 6.43 Å². The Morgan fingerprint density at radius 1 is 1.50 bits per heavy atom. The van der Waals surface area contributed by atoms with E-state index in [1.54, 1.807) is 0 Å². The van der Waals surface area contributed by atoms with E-state index in [4.69, 9.17) is 5.73 Å². The molecule has 0 spiro atoms. The summed E-state index contributed by atoms with van der Waals surface area (Å²) in [6.45, 7) is 4.08. The first-order valence-electron chi connectivity index (χ1n) is 4.25. The van der Waals surface area contributed by atoms with E-state index in [0.29, 0.717) is 6.54 Å². The van der Waals surface area contributed by atoms with Crippen LogP contribution in [0.15, 0.2) is 0 Å². The molecule has 0 aliphatic heterocycles. The summed E-state index contributed by atoms with van der Waals surface area (Å²) in [5.41, 5.74) is 5.45. The predicted molar refractivity (Wildman–Crippen MR) is 46.4 cm³/mol. The molecular weight excluding hydrogens is 162 g/mol. The summed E-state index contributed by atoms with van der Waals surface area (Å²) in [7, 11) is 0. The van der Waals surface area contributed by atoms with Crippen LogP contribution >= 0.6 is 0 Å². The molecule has 1 atom stereocenters. The molecule has 0 bridgehead atoms. The van der Waals surface area contributed by atoms with Gasteiger partial charge in [-0.3, -0.25) is 0 Å². The Morgan fingerprint density at radius 2 is 2.08 bits per heavy atom. The average Bonchev–Trinajstić information content (AvgIpc) is 1.85. The molecule has 0 aromatic heterocycles. The quantitative estimate of drug-likeness (QED) is 0.647. The van der Waals surface area contributed by atoms with E-state index in [1.807, 2.05) is 13.8 Å². The van der Waals surface area contributed by atoms with Gasteiger partial charge in [0.05, 0.1) is 6.54 Å². The van der Waals surface area contributed by atoms with E-state index in [0.717, 1.165) is 12.8 Å². The minimum atomic E-state index is -2.29. The second-order valence-corrected chi connectivity index (χ2v) is 3.43. The van der Waals surface area contributed by atoms with Gasteiger partial charge in [-0.2, -0.15) is 0 Å². The Hall–Kier alpha value is -0.220. The van der Waals surface area contributed by atoms with Crippen molar-refractivity contribution in [3.8, 4) is 0 Å². The number of rotatable bonds is 6. The van der Waals surface area contributed by atoms with Gasteiger partial charge in [-0.15, -0.1) is 0 Å². The molecule has 0 fully saturated rings. The van der Waals surface area contributed by atoms with Crippen molar-refractivity contribution in [2.24, 2.45) is 5.73 Å². The van der Waals surface area contributed by atoms with Crippen LogP contribution in [0.25, 0.3) is 0 Å². The molecule has 74 valence electrons. The minimum Gasteiger partial charge on any atom is -0.324 e. The molecular formula is C8H18F2N2. The van der Waals surface area contributed by atoms with Gasteiger partial charge in [0, 0.05) is 12.1 Å². The van der Waals surface area contributed by atoms with E-state index in [9.17, 15) is 8.78 Å². The van der Waals surface area contributed by atoms with Crippen molar-refractivity contribution in [2.45, 2.75) is 38.7 Å². The average molecular weight is 180 g/mol. The molecule has 0 saturated heterocycles. The summed E-state index contributed by atoms with van der Waals surface area (Å²) in [6, 6.07) is 0. The second-order valence-electron chi connectivity index (χ2n) is 3.43. The van der Waals surface area contributed by atoms with Crippen molar-refractivity contribution in [2.75, 3.05) is 13.1 Å². The summed E-state index contributed by atoms with van der Waals surface area (Å²) < 4.78 is 23.4. The van der Waals surface area contributed by atoms with E-state index in [2.05, 4.69) is 5.32 Å². The van der Waals surface area contributed by atoms with Crippen molar-refractivity contribution in [1.29, 1.82) is 0 Å². The molecule has 2 nitrogen and oxygen atoms in total. The highest BCUT2D eigenvalue weighted by Crippen LogP contribution is 2.06. The zero-order chi connectivity index (χ0) is 9.61. The molecule has 0 amide bonds. The SMILES string of the molecule is CCCC(C)(N)CNCC(F)F. The van der Waals surface area contributed by atoms with Gasteiger partial charge in [-0.05, 0) is 13.3 Å². The molecule has 0 aromatic carbocycles. The summed E-state index contributed by atoms with van der Waals surface area (Å²) in [5.74, 6) is 0. The van der Waals surface area contributed by atoms with Crippen LogP contribution in [0.1, 0.15) is 26.7 Å². The normalized spacial score (nSPS) is 16.5. The number of hydrogen-bond acceptors (Lipinski definition) is 2. The molecule has 0 aromatic rings. The maximum absolute atomic E-state index is 11.7.